The molecule has 1 aliphatic heterocycles. The Kier molecular flexibility index (Phi) is 6.56. The van der Waals surface area contributed by atoms with Crippen molar-refractivity contribution in [2.75, 3.05) is 26.7 Å². The molecule has 1 amide bonds. The zero-order chi connectivity index (χ0) is 12.7. The van der Waals surface area contributed by atoms with Crippen LogP contribution in [0.5, 0.6) is 0 Å². The minimum Gasteiger partial charge on any atom is -0.359 e. The Morgan fingerprint density at radius 2 is 1.94 bits per heavy atom. The molecular weight excluding hydrogens is 212 g/mol. The summed E-state index contributed by atoms with van der Waals surface area (Å²) in [5.41, 5.74) is 0. The minimum absolute atomic E-state index is 0.170. The summed E-state index contributed by atoms with van der Waals surface area (Å²) in [6.45, 7) is 8.35. The Labute approximate surface area is 106 Å². The molecule has 0 bridgehead atoms. The van der Waals surface area contributed by atoms with E-state index in [0.717, 1.165) is 24.7 Å². The standard InChI is InChI=1S/C14H28N2O/c1-12(2)13-7-10-16(11-8-13)9-5-4-6-14(17)15-3/h12-13H,4-11H2,1-3H3,(H,15,17). The van der Waals surface area contributed by atoms with E-state index in [-0.39, 0.29) is 5.91 Å². The fraction of sp³-hybridized carbons (Fsp3) is 0.929. The summed E-state index contributed by atoms with van der Waals surface area (Å²) in [4.78, 5) is 13.6. The Bertz CT molecular complexity index is 220. The summed E-state index contributed by atoms with van der Waals surface area (Å²) in [6.07, 6.45) is 5.56. The van der Waals surface area contributed by atoms with Gasteiger partial charge in [0.15, 0.2) is 0 Å². The van der Waals surface area contributed by atoms with Crippen molar-refractivity contribution in [3.63, 3.8) is 0 Å². The zero-order valence-electron chi connectivity index (χ0n) is 11.7. The van der Waals surface area contributed by atoms with Crippen LogP contribution in [0.15, 0.2) is 0 Å². The molecule has 3 nitrogen and oxygen atoms in total. The van der Waals surface area contributed by atoms with Crippen molar-refractivity contribution in [1.29, 1.82) is 0 Å². The largest absolute Gasteiger partial charge is 0.359 e. The zero-order valence-corrected chi connectivity index (χ0v) is 11.7. The molecule has 0 unspecified atom stereocenters. The lowest BCUT2D eigenvalue weighted by atomic mass is 9.87. The lowest BCUT2D eigenvalue weighted by molar-refractivity contribution is -0.120. The van der Waals surface area contributed by atoms with Crippen molar-refractivity contribution in [2.24, 2.45) is 11.8 Å². The maximum atomic E-state index is 11.1. The van der Waals surface area contributed by atoms with Crippen LogP contribution in [0.4, 0.5) is 0 Å². The highest BCUT2D eigenvalue weighted by Crippen LogP contribution is 2.24. The smallest absolute Gasteiger partial charge is 0.219 e. The van der Waals surface area contributed by atoms with Crippen LogP contribution in [-0.2, 0) is 4.79 Å². The van der Waals surface area contributed by atoms with E-state index in [2.05, 4.69) is 24.1 Å². The predicted molar refractivity (Wildman–Crippen MR) is 71.9 cm³/mol. The molecule has 1 rings (SSSR count). The van der Waals surface area contributed by atoms with E-state index in [1.165, 1.54) is 32.5 Å². The Balaban J connectivity index is 2.04. The van der Waals surface area contributed by atoms with Gasteiger partial charge in [0.25, 0.3) is 0 Å². The number of unbranched alkanes of at least 4 members (excludes halogenated alkanes) is 1. The van der Waals surface area contributed by atoms with E-state index >= 15 is 0 Å². The molecule has 0 saturated carbocycles. The molecule has 1 heterocycles. The molecule has 1 N–H and O–H groups in total. The van der Waals surface area contributed by atoms with Gasteiger partial charge in [-0.2, -0.15) is 0 Å². The fourth-order valence-corrected chi connectivity index (χ4v) is 2.59. The normalized spacial score (nSPS) is 18.6. The van der Waals surface area contributed by atoms with E-state index in [1.807, 2.05) is 0 Å². The summed E-state index contributed by atoms with van der Waals surface area (Å²) < 4.78 is 0. The molecule has 0 aromatic heterocycles. The van der Waals surface area contributed by atoms with Gasteiger partial charge in [0, 0.05) is 13.5 Å². The van der Waals surface area contributed by atoms with Crippen molar-refractivity contribution < 1.29 is 4.79 Å². The van der Waals surface area contributed by atoms with Gasteiger partial charge in [0.05, 0.1) is 0 Å². The van der Waals surface area contributed by atoms with Gasteiger partial charge in [-0.05, 0) is 57.2 Å². The molecule has 17 heavy (non-hydrogen) atoms. The quantitative estimate of drug-likeness (QED) is 0.722. The van der Waals surface area contributed by atoms with E-state index < -0.39 is 0 Å². The van der Waals surface area contributed by atoms with Gasteiger partial charge >= 0.3 is 0 Å². The Hall–Kier alpha value is -0.570. The van der Waals surface area contributed by atoms with Gasteiger partial charge in [-0.15, -0.1) is 0 Å². The number of nitrogens with zero attached hydrogens (tertiary/aromatic N) is 1. The summed E-state index contributed by atoms with van der Waals surface area (Å²) >= 11 is 0. The Morgan fingerprint density at radius 1 is 1.29 bits per heavy atom. The maximum absolute atomic E-state index is 11.1. The number of hydrogen-bond donors (Lipinski definition) is 1. The van der Waals surface area contributed by atoms with Crippen LogP contribution in [0.1, 0.15) is 46.0 Å². The third-order valence-electron chi connectivity index (χ3n) is 3.98. The molecule has 1 saturated heterocycles. The molecule has 100 valence electrons. The average molecular weight is 240 g/mol. The number of piperidine rings is 1. The lowest BCUT2D eigenvalue weighted by Gasteiger charge is -2.33. The molecule has 0 aliphatic carbocycles. The van der Waals surface area contributed by atoms with Crippen molar-refractivity contribution >= 4 is 5.91 Å². The fourth-order valence-electron chi connectivity index (χ4n) is 2.59. The van der Waals surface area contributed by atoms with Gasteiger partial charge in [0.2, 0.25) is 5.91 Å². The van der Waals surface area contributed by atoms with Crippen molar-refractivity contribution in [3.05, 3.63) is 0 Å². The lowest BCUT2D eigenvalue weighted by Crippen LogP contribution is -2.35. The van der Waals surface area contributed by atoms with Crippen LogP contribution >= 0.6 is 0 Å². The van der Waals surface area contributed by atoms with E-state index in [1.54, 1.807) is 7.05 Å². The number of carbonyl (C=O) groups excluding carboxylic acids is 1. The van der Waals surface area contributed by atoms with Gasteiger partial charge in [0.1, 0.15) is 0 Å². The highest BCUT2D eigenvalue weighted by molar-refractivity contribution is 5.75. The van der Waals surface area contributed by atoms with Crippen LogP contribution in [0.2, 0.25) is 0 Å². The highest BCUT2D eigenvalue weighted by Gasteiger charge is 2.20. The molecule has 0 aromatic rings. The van der Waals surface area contributed by atoms with Crippen molar-refractivity contribution in [1.82, 2.24) is 10.2 Å². The van der Waals surface area contributed by atoms with Crippen LogP contribution in [0.3, 0.4) is 0 Å². The number of nitrogens with one attached hydrogen (secondary N) is 1. The second-order valence-corrected chi connectivity index (χ2v) is 5.55. The van der Waals surface area contributed by atoms with Gasteiger partial charge in [-0.1, -0.05) is 13.8 Å². The first-order chi connectivity index (χ1) is 8.13. The molecule has 1 fully saturated rings. The predicted octanol–water partition coefficient (Wildman–Crippen LogP) is 2.27. The number of rotatable bonds is 6. The Morgan fingerprint density at radius 3 is 2.47 bits per heavy atom. The van der Waals surface area contributed by atoms with Crippen LogP contribution in [0, 0.1) is 11.8 Å². The molecule has 1 aliphatic rings. The summed E-state index contributed by atoms with van der Waals surface area (Å²) in [7, 11) is 1.71. The van der Waals surface area contributed by atoms with Gasteiger partial charge in [-0.25, -0.2) is 0 Å². The summed E-state index contributed by atoms with van der Waals surface area (Å²) in [5, 5.41) is 2.67. The molecular formula is C14H28N2O. The second kappa shape index (κ2) is 7.70. The van der Waals surface area contributed by atoms with Crippen LogP contribution < -0.4 is 5.32 Å². The van der Waals surface area contributed by atoms with Crippen molar-refractivity contribution in [3.8, 4) is 0 Å². The monoisotopic (exact) mass is 240 g/mol. The number of carbonyl (C=O) groups is 1. The van der Waals surface area contributed by atoms with Gasteiger partial charge in [-0.3, -0.25) is 4.79 Å². The minimum atomic E-state index is 0.170. The summed E-state index contributed by atoms with van der Waals surface area (Å²) in [6, 6.07) is 0. The van der Waals surface area contributed by atoms with Crippen LogP contribution in [0.25, 0.3) is 0 Å². The maximum Gasteiger partial charge on any atom is 0.219 e. The number of amides is 1. The SMILES string of the molecule is CNC(=O)CCCCN1CCC(C(C)C)CC1. The topological polar surface area (TPSA) is 32.3 Å². The molecule has 0 atom stereocenters. The first kappa shape index (κ1) is 14.5. The summed E-state index contributed by atoms with van der Waals surface area (Å²) in [5.74, 6) is 1.94. The average Bonchev–Trinajstić information content (AvgIpc) is 2.34. The molecule has 0 aromatic carbocycles. The molecule has 0 spiro atoms. The third-order valence-corrected chi connectivity index (χ3v) is 3.98. The first-order valence-electron chi connectivity index (χ1n) is 7.06. The first-order valence-corrected chi connectivity index (χ1v) is 7.06. The third kappa shape index (κ3) is 5.53. The number of hydrogen-bond acceptors (Lipinski definition) is 2. The number of likely N-dealkylation sites (tertiary alicyclic amines) is 1. The van der Waals surface area contributed by atoms with E-state index in [4.69, 9.17) is 0 Å². The van der Waals surface area contributed by atoms with Gasteiger partial charge < -0.3 is 10.2 Å². The van der Waals surface area contributed by atoms with E-state index in [9.17, 15) is 4.79 Å². The molecule has 3 heteroatoms. The van der Waals surface area contributed by atoms with E-state index in [0.29, 0.717) is 6.42 Å². The van der Waals surface area contributed by atoms with Crippen molar-refractivity contribution in [2.45, 2.75) is 46.0 Å². The van der Waals surface area contributed by atoms with Crippen LogP contribution in [-0.4, -0.2) is 37.5 Å². The molecule has 0 radical (unpaired) electrons. The second-order valence-electron chi connectivity index (χ2n) is 5.55. The highest BCUT2D eigenvalue weighted by atomic mass is 16.1.